The predicted molar refractivity (Wildman–Crippen MR) is 78.2 cm³/mol. The fourth-order valence-electron chi connectivity index (χ4n) is 1.77. The number of hydrogen-bond acceptors (Lipinski definition) is 7. The van der Waals surface area contributed by atoms with Crippen LogP contribution >= 0.6 is 0 Å². The van der Waals surface area contributed by atoms with Crippen LogP contribution in [0.3, 0.4) is 0 Å². The maximum Gasteiger partial charge on any atom is 0.357 e. The zero-order valence-corrected chi connectivity index (χ0v) is 12.6. The molecule has 0 aliphatic heterocycles. The van der Waals surface area contributed by atoms with Crippen LogP contribution in [0.15, 0.2) is 18.3 Å². The van der Waals surface area contributed by atoms with E-state index >= 15 is 0 Å². The van der Waals surface area contributed by atoms with E-state index in [2.05, 4.69) is 11.9 Å². The number of esters is 1. The summed E-state index contributed by atoms with van der Waals surface area (Å²) in [5.74, 6) is -0.730. The summed E-state index contributed by atoms with van der Waals surface area (Å²) in [4.78, 5) is 15.7. The molecule has 0 fully saturated rings. The number of carbonyl (C=O) groups is 1. The normalized spacial score (nSPS) is 15.1. The molecular weight excluding hydrogens is 290 g/mol. The van der Waals surface area contributed by atoms with E-state index in [-0.39, 0.29) is 5.69 Å². The second kappa shape index (κ2) is 9.47. The van der Waals surface area contributed by atoms with Crippen molar-refractivity contribution in [2.45, 2.75) is 44.5 Å². The first-order chi connectivity index (χ1) is 10.5. The average molecular weight is 313 g/mol. The van der Waals surface area contributed by atoms with Gasteiger partial charge in [0.1, 0.15) is 30.6 Å². The molecule has 0 unspecified atom stereocenters. The predicted octanol–water partition coefficient (Wildman–Crippen LogP) is -0.344. The highest BCUT2D eigenvalue weighted by atomic mass is 16.5. The molecule has 0 radical (unpaired) electrons. The summed E-state index contributed by atoms with van der Waals surface area (Å²) in [6, 6.07) is 3.33. The van der Waals surface area contributed by atoms with Crippen LogP contribution in [0, 0.1) is 0 Å². The van der Waals surface area contributed by atoms with Crippen molar-refractivity contribution in [3.63, 3.8) is 0 Å². The summed E-state index contributed by atoms with van der Waals surface area (Å²) in [5.41, 5.74) is 1.13. The van der Waals surface area contributed by atoms with Crippen LogP contribution in [0.25, 0.3) is 0 Å². The highest BCUT2D eigenvalue weighted by Crippen LogP contribution is 2.07. The number of carbonyl (C=O) groups excluding carboxylic acids is 1. The number of nitrogens with zero attached hydrogens (tertiary/aromatic N) is 1. The molecule has 0 aliphatic carbocycles. The van der Waals surface area contributed by atoms with Gasteiger partial charge in [0.25, 0.3) is 0 Å². The van der Waals surface area contributed by atoms with Gasteiger partial charge in [-0.05, 0) is 24.5 Å². The molecule has 0 saturated carbocycles. The van der Waals surface area contributed by atoms with Crippen LogP contribution in [-0.4, -0.2) is 62.9 Å². The molecule has 1 rings (SSSR count). The van der Waals surface area contributed by atoms with Crippen molar-refractivity contribution in [3.8, 4) is 0 Å². The summed E-state index contributed by atoms with van der Waals surface area (Å²) in [7, 11) is 0. The first-order valence-electron chi connectivity index (χ1n) is 7.26. The molecule has 3 atom stereocenters. The fraction of sp³-hybridized carbons (Fsp3) is 0.600. The van der Waals surface area contributed by atoms with E-state index in [1.54, 1.807) is 18.3 Å². The van der Waals surface area contributed by atoms with Crippen LogP contribution in [0.4, 0.5) is 0 Å². The monoisotopic (exact) mass is 313 g/mol. The van der Waals surface area contributed by atoms with E-state index in [4.69, 9.17) is 14.9 Å². The summed E-state index contributed by atoms with van der Waals surface area (Å²) in [6.07, 6.45) is 0.0317. The maximum absolute atomic E-state index is 11.7. The average Bonchev–Trinajstić information content (AvgIpc) is 2.56. The lowest BCUT2D eigenvalue weighted by Crippen LogP contribution is -2.42. The molecule has 7 heteroatoms. The van der Waals surface area contributed by atoms with Crippen LogP contribution in [0.5, 0.6) is 0 Å². The molecule has 0 aromatic carbocycles. The van der Waals surface area contributed by atoms with Gasteiger partial charge in [0.2, 0.25) is 0 Å². The number of aromatic nitrogens is 1. The molecule has 4 N–H and O–H groups in total. The van der Waals surface area contributed by atoms with Crippen LogP contribution in [-0.2, 0) is 11.2 Å². The molecule has 1 aromatic rings. The third kappa shape index (κ3) is 5.69. The number of aliphatic hydroxyl groups is 4. The molecule has 0 saturated heterocycles. The largest absolute Gasteiger partial charge is 0.458 e. The lowest BCUT2D eigenvalue weighted by molar-refractivity contribution is -0.0926. The number of unbranched alkanes of at least 4 members (excludes halogenated alkanes) is 1. The van der Waals surface area contributed by atoms with Gasteiger partial charge in [-0.1, -0.05) is 19.4 Å². The quantitative estimate of drug-likeness (QED) is 0.460. The van der Waals surface area contributed by atoms with E-state index in [9.17, 15) is 15.0 Å². The van der Waals surface area contributed by atoms with E-state index in [1.165, 1.54) is 0 Å². The number of rotatable bonds is 9. The Bertz CT molecular complexity index is 450. The number of hydrogen-bond donors (Lipinski definition) is 4. The van der Waals surface area contributed by atoms with E-state index in [1.807, 2.05) is 0 Å². The second-order valence-electron chi connectivity index (χ2n) is 5.06. The van der Waals surface area contributed by atoms with Crippen molar-refractivity contribution in [2.75, 3.05) is 13.2 Å². The molecule has 1 aromatic heterocycles. The van der Waals surface area contributed by atoms with Crippen LogP contribution in [0.2, 0.25) is 0 Å². The van der Waals surface area contributed by atoms with Crippen molar-refractivity contribution in [1.29, 1.82) is 0 Å². The fourth-order valence-corrected chi connectivity index (χ4v) is 1.77. The lowest BCUT2D eigenvalue weighted by atomic mass is 10.1. The molecule has 0 amide bonds. The lowest BCUT2D eigenvalue weighted by Gasteiger charge is -2.21. The second-order valence-corrected chi connectivity index (χ2v) is 5.06. The summed E-state index contributed by atoms with van der Waals surface area (Å²) in [6.45, 7) is 0.885. The van der Waals surface area contributed by atoms with Crippen LogP contribution < -0.4 is 0 Å². The summed E-state index contributed by atoms with van der Waals surface area (Å²) >= 11 is 0. The Labute approximate surface area is 129 Å². The van der Waals surface area contributed by atoms with Gasteiger partial charge in [0.05, 0.1) is 6.61 Å². The minimum Gasteiger partial charge on any atom is -0.458 e. The van der Waals surface area contributed by atoms with Gasteiger partial charge in [-0.25, -0.2) is 9.78 Å². The maximum atomic E-state index is 11.7. The molecule has 0 bridgehead atoms. The molecular formula is C15H23NO6. The SMILES string of the molecule is CCCCc1ccc(C(=O)OC[C@@H](O)[C@@H](O)[C@H](O)CO)nc1. The van der Waals surface area contributed by atoms with Gasteiger partial charge >= 0.3 is 5.97 Å². The summed E-state index contributed by atoms with van der Waals surface area (Å²) < 4.78 is 4.82. The minimum absolute atomic E-state index is 0.102. The zero-order chi connectivity index (χ0) is 16.5. The van der Waals surface area contributed by atoms with Gasteiger partial charge in [0, 0.05) is 6.20 Å². The number of aliphatic hydroxyl groups excluding tert-OH is 4. The number of aryl methyl sites for hydroxylation is 1. The van der Waals surface area contributed by atoms with Crippen LogP contribution in [0.1, 0.15) is 35.8 Å². The zero-order valence-electron chi connectivity index (χ0n) is 12.6. The third-order valence-electron chi connectivity index (χ3n) is 3.21. The van der Waals surface area contributed by atoms with Crippen molar-refractivity contribution >= 4 is 5.97 Å². The first-order valence-corrected chi connectivity index (χ1v) is 7.26. The van der Waals surface area contributed by atoms with E-state index in [0.717, 1.165) is 24.8 Å². The smallest absolute Gasteiger partial charge is 0.357 e. The summed E-state index contributed by atoms with van der Waals surface area (Å²) in [5, 5.41) is 36.8. The highest BCUT2D eigenvalue weighted by molar-refractivity contribution is 5.87. The molecule has 1 heterocycles. The van der Waals surface area contributed by atoms with Gasteiger partial charge in [-0.15, -0.1) is 0 Å². The molecule has 124 valence electrons. The van der Waals surface area contributed by atoms with Gasteiger partial charge in [-0.2, -0.15) is 0 Å². The number of pyridine rings is 1. The van der Waals surface area contributed by atoms with Crippen molar-refractivity contribution in [3.05, 3.63) is 29.6 Å². The highest BCUT2D eigenvalue weighted by Gasteiger charge is 2.25. The molecule has 22 heavy (non-hydrogen) atoms. The van der Waals surface area contributed by atoms with Crippen molar-refractivity contribution in [1.82, 2.24) is 4.98 Å². The van der Waals surface area contributed by atoms with E-state index in [0.29, 0.717) is 0 Å². The minimum atomic E-state index is -1.60. The topological polar surface area (TPSA) is 120 Å². The van der Waals surface area contributed by atoms with E-state index < -0.39 is 37.5 Å². The Kier molecular flexibility index (Phi) is 7.97. The van der Waals surface area contributed by atoms with Crippen molar-refractivity contribution in [2.24, 2.45) is 0 Å². The van der Waals surface area contributed by atoms with Gasteiger partial charge < -0.3 is 25.2 Å². The molecule has 0 spiro atoms. The Hall–Kier alpha value is -1.54. The Morgan fingerprint density at radius 2 is 2.00 bits per heavy atom. The third-order valence-corrected chi connectivity index (χ3v) is 3.21. The molecule has 7 nitrogen and oxygen atoms in total. The van der Waals surface area contributed by atoms with Gasteiger partial charge in [-0.3, -0.25) is 0 Å². The standard InChI is InChI=1S/C15H23NO6/c1-2-3-4-10-5-6-11(16-7-10)15(21)22-9-13(19)14(20)12(18)8-17/h5-7,12-14,17-20H,2-4,8-9H2,1H3/t12-,13-,14+/m1/s1. The first kappa shape index (κ1) is 18.5. The number of ether oxygens (including phenoxy) is 1. The Morgan fingerprint density at radius 3 is 2.55 bits per heavy atom. The van der Waals surface area contributed by atoms with Gasteiger partial charge in [0.15, 0.2) is 0 Å². The Balaban J connectivity index is 2.48. The molecule has 0 aliphatic rings. The van der Waals surface area contributed by atoms with Crippen molar-refractivity contribution < 1.29 is 30.0 Å². The Morgan fingerprint density at radius 1 is 1.27 bits per heavy atom.